The number of rotatable bonds is 5. The quantitative estimate of drug-likeness (QED) is 0.806. The third-order valence-electron chi connectivity index (χ3n) is 5.10. The molecule has 0 unspecified atom stereocenters. The molecular weight excluding hydrogens is 356 g/mol. The minimum atomic E-state index is -0.0682. The second-order valence-corrected chi connectivity index (χ2v) is 7.26. The number of nitrogens with zero attached hydrogens (tertiary/aromatic N) is 2. The summed E-state index contributed by atoms with van der Waals surface area (Å²) >= 11 is 0. The number of hydrogen-bond acceptors (Lipinski definition) is 4. The lowest BCUT2D eigenvalue weighted by Gasteiger charge is -2.20. The van der Waals surface area contributed by atoms with Crippen LogP contribution in [0.5, 0.6) is 0 Å². The van der Waals surface area contributed by atoms with Crippen molar-refractivity contribution in [1.82, 2.24) is 10.1 Å². The zero-order valence-electron chi connectivity index (χ0n) is 16.6. The van der Waals surface area contributed by atoms with Crippen molar-refractivity contribution in [3.63, 3.8) is 0 Å². The van der Waals surface area contributed by atoms with Crippen molar-refractivity contribution in [1.29, 1.82) is 0 Å². The van der Waals surface area contributed by atoms with Crippen LogP contribution in [-0.4, -0.2) is 35.1 Å². The van der Waals surface area contributed by atoms with E-state index in [1.165, 1.54) is 12.8 Å². The van der Waals surface area contributed by atoms with Gasteiger partial charge in [-0.05, 0) is 57.4 Å². The molecule has 0 bridgehead atoms. The monoisotopic (exact) mass is 384 g/mol. The van der Waals surface area contributed by atoms with Crippen molar-refractivity contribution in [2.75, 3.05) is 23.7 Å². The van der Waals surface area contributed by atoms with Crippen LogP contribution in [0.3, 0.4) is 0 Å². The van der Waals surface area contributed by atoms with Crippen molar-refractivity contribution in [2.24, 2.45) is 0 Å². The summed E-state index contributed by atoms with van der Waals surface area (Å²) in [5, 5.41) is 9.72. The Bertz CT molecular complexity index is 786. The molecule has 0 saturated carbocycles. The molecule has 2 N–H and O–H groups in total. The Hall–Kier alpha value is -2.83. The number of carbonyl (C=O) groups is 2. The predicted molar refractivity (Wildman–Crippen MR) is 108 cm³/mol. The van der Waals surface area contributed by atoms with Crippen molar-refractivity contribution in [3.05, 3.63) is 41.3 Å². The Morgan fingerprint density at radius 2 is 1.61 bits per heavy atom. The van der Waals surface area contributed by atoms with E-state index in [-0.39, 0.29) is 11.9 Å². The van der Waals surface area contributed by atoms with E-state index in [0.29, 0.717) is 18.5 Å². The molecular formula is C21H28N4O3. The fraction of sp³-hybridized carbons (Fsp3) is 0.476. The van der Waals surface area contributed by atoms with Crippen LogP contribution in [-0.2, 0) is 11.2 Å². The maximum atomic E-state index is 12.4. The summed E-state index contributed by atoms with van der Waals surface area (Å²) in [6.45, 7) is 5.35. The molecule has 2 aromatic rings. The van der Waals surface area contributed by atoms with Gasteiger partial charge in [0, 0.05) is 36.4 Å². The molecule has 1 aromatic carbocycles. The molecule has 2 heterocycles. The van der Waals surface area contributed by atoms with Crippen LogP contribution in [0.1, 0.15) is 49.1 Å². The van der Waals surface area contributed by atoms with E-state index < -0.39 is 0 Å². The van der Waals surface area contributed by atoms with Crippen LogP contribution in [0.15, 0.2) is 28.8 Å². The second kappa shape index (κ2) is 9.39. The molecule has 1 aliphatic heterocycles. The van der Waals surface area contributed by atoms with Gasteiger partial charge < -0.3 is 20.1 Å². The van der Waals surface area contributed by atoms with Gasteiger partial charge in [-0.1, -0.05) is 18.0 Å². The summed E-state index contributed by atoms with van der Waals surface area (Å²) < 4.78 is 5.12. The number of likely N-dealkylation sites (tertiary alicyclic amines) is 1. The van der Waals surface area contributed by atoms with Gasteiger partial charge in [0.25, 0.3) is 0 Å². The number of aryl methyl sites for hydroxylation is 2. The van der Waals surface area contributed by atoms with Gasteiger partial charge in [0.1, 0.15) is 5.76 Å². The Labute approximate surface area is 165 Å². The van der Waals surface area contributed by atoms with Crippen LogP contribution >= 0.6 is 0 Å². The van der Waals surface area contributed by atoms with E-state index in [9.17, 15) is 9.59 Å². The highest BCUT2D eigenvalue weighted by Crippen LogP contribution is 2.18. The van der Waals surface area contributed by atoms with E-state index in [2.05, 4.69) is 15.8 Å². The van der Waals surface area contributed by atoms with E-state index >= 15 is 0 Å². The molecule has 0 aliphatic carbocycles. The largest absolute Gasteiger partial charge is 0.361 e. The minimum Gasteiger partial charge on any atom is -0.361 e. The summed E-state index contributed by atoms with van der Waals surface area (Å²) in [4.78, 5) is 26.4. The molecule has 7 nitrogen and oxygen atoms in total. The van der Waals surface area contributed by atoms with Gasteiger partial charge in [0.2, 0.25) is 5.91 Å². The van der Waals surface area contributed by atoms with E-state index in [4.69, 9.17) is 4.52 Å². The predicted octanol–water partition coefficient (Wildman–Crippen LogP) is 4.27. The molecule has 3 rings (SSSR count). The van der Waals surface area contributed by atoms with E-state index in [1.807, 2.05) is 18.7 Å². The van der Waals surface area contributed by atoms with Crippen LogP contribution < -0.4 is 10.6 Å². The number of nitrogens with one attached hydrogen (secondary N) is 2. The molecule has 1 aromatic heterocycles. The summed E-state index contributed by atoms with van der Waals surface area (Å²) in [5.74, 6) is 0.691. The lowest BCUT2D eigenvalue weighted by molar-refractivity contribution is -0.116. The van der Waals surface area contributed by atoms with Crippen LogP contribution in [0.4, 0.5) is 16.2 Å². The number of hydrogen-bond donors (Lipinski definition) is 2. The number of amides is 3. The highest BCUT2D eigenvalue weighted by atomic mass is 16.5. The molecule has 1 fully saturated rings. The zero-order chi connectivity index (χ0) is 19.9. The molecule has 150 valence electrons. The first-order chi connectivity index (χ1) is 13.5. The highest BCUT2D eigenvalue weighted by molar-refractivity contribution is 5.92. The maximum Gasteiger partial charge on any atom is 0.321 e. The molecule has 1 aliphatic rings. The first-order valence-corrected chi connectivity index (χ1v) is 9.90. The molecule has 0 atom stereocenters. The van der Waals surface area contributed by atoms with Crippen molar-refractivity contribution >= 4 is 23.3 Å². The average Bonchev–Trinajstić information content (AvgIpc) is 2.88. The van der Waals surface area contributed by atoms with E-state index in [1.54, 1.807) is 24.3 Å². The normalized spacial score (nSPS) is 14.4. The van der Waals surface area contributed by atoms with Crippen LogP contribution in [0.2, 0.25) is 0 Å². The lowest BCUT2D eigenvalue weighted by atomic mass is 10.1. The standard InChI is InChI=1S/C21H28N4O3/c1-15-19(16(2)28-24-15)11-12-20(26)22-17-7-9-18(10-8-17)23-21(27)25-13-5-3-4-6-14-25/h7-10H,3-6,11-14H2,1-2H3,(H,22,26)(H,23,27). The van der Waals surface area contributed by atoms with E-state index in [0.717, 1.165) is 48.6 Å². The van der Waals surface area contributed by atoms with Gasteiger partial charge in [-0.25, -0.2) is 4.79 Å². The third-order valence-corrected chi connectivity index (χ3v) is 5.10. The molecule has 1 saturated heterocycles. The Balaban J connectivity index is 1.48. The highest BCUT2D eigenvalue weighted by Gasteiger charge is 2.15. The van der Waals surface area contributed by atoms with Gasteiger partial charge >= 0.3 is 6.03 Å². The Morgan fingerprint density at radius 1 is 1.00 bits per heavy atom. The van der Waals surface area contributed by atoms with Gasteiger partial charge in [-0.3, -0.25) is 4.79 Å². The second-order valence-electron chi connectivity index (χ2n) is 7.26. The Kier molecular flexibility index (Phi) is 6.68. The van der Waals surface area contributed by atoms with Gasteiger partial charge in [-0.15, -0.1) is 0 Å². The third kappa shape index (κ3) is 5.34. The molecule has 0 spiro atoms. The fourth-order valence-electron chi connectivity index (χ4n) is 3.43. The Morgan fingerprint density at radius 3 is 2.18 bits per heavy atom. The number of carbonyl (C=O) groups excluding carboxylic acids is 2. The SMILES string of the molecule is Cc1noc(C)c1CCC(=O)Nc1ccc(NC(=O)N2CCCCCC2)cc1. The lowest BCUT2D eigenvalue weighted by Crippen LogP contribution is -2.35. The van der Waals surface area contributed by atoms with Gasteiger partial charge in [0.05, 0.1) is 5.69 Å². The fourth-order valence-corrected chi connectivity index (χ4v) is 3.43. The smallest absolute Gasteiger partial charge is 0.321 e. The van der Waals surface area contributed by atoms with Crippen molar-refractivity contribution in [3.8, 4) is 0 Å². The molecule has 7 heteroatoms. The first-order valence-electron chi connectivity index (χ1n) is 9.90. The first kappa shape index (κ1) is 19.9. The van der Waals surface area contributed by atoms with Crippen molar-refractivity contribution < 1.29 is 14.1 Å². The maximum absolute atomic E-state index is 12.4. The summed E-state index contributed by atoms with van der Waals surface area (Å²) in [7, 11) is 0. The summed E-state index contributed by atoms with van der Waals surface area (Å²) in [6, 6.07) is 7.15. The number of aromatic nitrogens is 1. The summed E-state index contributed by atoms with van der Waals surface area (Å²) in [5.41, 5.74) is 3.25. The number of anilines is 2. The average molecular weight is 384 g/mol. The van der Waals surface area contributed by atoms with Crippen molar-refractivity contribution in [2.45, 2.75) is 52.4 Å². The van der Waals surface area contributed by atoms with Crippen LogP contribution in [0.25, 0.3) is 0 Å². The minimum absolute atomic E-state index is 0.0573. The summed E-state index contributed by atoms with van der Waals surface area (Å²) in [6.07, 6.45) is 5.45. The van der Waals surface area contributed by atoms with Gasteiger partial charge in [0.15, 0.2) is 0 Å². The number of urea groups is 1. The molecule has 3 amide bonds. The number of benzene rings is 1. The topological polar surface area (TPSA) is 87.5 Å². The zero-order valence-corrected chi connectivity index (χ0v) is 16.6. The van der Waals surface area contributed by atoms with Crippen LogP contribution in [0, 0.1) is 13.8 Å². The molecule has 28 heavy (non-hydrogen) atoms. The molecule has 0 radical (unpaired) electrons. The van der Waals surface area contributed by atoms with Gasteiger partial charge in [-0.2, -0.15) is 0 Å².